The van der Waals surface area contributed by atoms with Crippen molar-refractivity contribution in [3.8, 4) is 0 Å². The first-order valence-electron chi connectivity index (χ1n) is 7.33. The van der Waals surface area contributed by atoms with Crippen molar-refractivity contribution in [1.29, 1.82) is 0 Å². The molecule has 7 heteroatoms. The second-order valence-corrected chi connectivity index (χ2v) is 6.06. The molecule has 0 unspecified atom stereocenters. The summed E-state index contributed by atoms with van der Waals surface area (Å²) >= 11 is 0. The van der Waals surface area contributed by atoms with Crippen molar-refractivity contribution in [1.82, 2.24) is 24.8 Å². The van der Waals surface area contributed by atoms with Gasteiger partial charge < -0.3 is 9.26 Å². The van der Waals surface area contributed by atoms with Gasteiger partial charge in [0.25, 0.3) is 5.89 Å². The van der Waals surface area contributed by atoms with Gasteiger partial charge in [-0.25, -0.2) is 0 Å². The molecule has 0 N–H and O–H groups in total. The van der Waals surface area contributed by atoms with Gasteiger partial charge in [0.05, 0.1) is 12.3 Å². The topological polar surface area (TPSA) is 69.2 Å². The number of ether oxygens (including phenoxy) is 1. The summed E-state index contributed by atoms with van der Waals surface area (Å²) in [5.74, 6) is 1.85. The summed E-state index contributed by atoms with van der Waals surface area (Å²) in [4.78, 5) is 6.71. The van der Waals surface area contributed by atoms with E-state index in [1.54, 1.807) is 0 Å². The minimum Gasteiger partial charge on any atom is -0.363 e. The first-order valence-corrected chi connectivity index (χ1v) is 7.33. The van der Waals surface area contributed by atoms with Crippen LogP contribution in [0.25, 0.3) is 0 Å². The summed E-state index contributed by atoms with van der Waals surface area (Å²) in [5, 5.41) is 8.06. The third kappa shape index (κ3) is 2.47. The van der Waals surface area contributed by atoms with Gasteiger partial charge in [-0.05, 0) is 13.3 Å². The van der Waals surface area contributed by atoms with Crippen molar-refractivity contribution in [2.24, 2.45) is 13.0 Å². The molecule has 112 valence electrons. The van der Waals surface area contributed by atoms with Crippen LogP contribution in [0.5, 0.6) is 0 Å². The normalized spacial score (nSPS) is 29.1. The Hall–Kier alpha value is -1.73. The predicted octanol–water partition coefficient (Wildman–Crippen LogP) is 1.07. The highest BCUT2D eigenvalue weighted by Crippen LogP contribution is 2.40. The summed E-state index contributed by atoms with van der Waals surface area (Å²) in [6, 6.07) is 0. The number of nitrogens with zero attached hydrogens (tertiary/aromatic N) is 5. The molecule has 0 saturated carbocycles. The maximum Gasteiger partial charge on any atom is 0.255 e. The molecule has 7 nitrogen and oxygen atoms in total. The van der Waals surface area contributed by atoms with Crippen LogP contribution in [0.2, 0.25) is 0 Å². The molecular formula is C14H19N5O2. The molecule has 2 aliphatic heterocycles. The molecule has 0 spiro atoms. The number of hydrogen-bond acceptors (Lipinski definition) is 6. The highest BCUT2D eigenvalue weighted by molar-refractivity contribution is 5.06. The Morgan fingerprint density at radius 1 is 1.38 bits per heavy atom. The minimum atomic E-state index is -0.0262. The second kappa shape index (κ2) is 4.92. The van der Waals surface area contributed by atoms with E-state index < -0.39 is 0 Å². The van der Waals surface area contributed by atoms with Gasteiger partial charge in [0.15, 0.2) is 5.82 Å². The predicted molar refractivity (Wildman–Crippen MR) is 73.2 cm³/mol. The summed E-state index contributed by atoms with van der Waals surface area (Å²) in [5.41, 5.74) is 1.25. The van der Waals surface area contributed by atoms with Gasteiger partial charge in [0.1, 0.15) is 6.10 Å². The number of likely N-dealkylation sites (tertiary alicyclic amines) is 1. The Bertz CT molecular complexity index is 623. The van der Waals surface area contributed by atoms with E-state index in [0.29, 0.717) is 17.6 Å². The van der Waals surface area contributed by atoms with E-state index >= 15 is 0 Å². The second-order valence-electron chi connectivity index (χ2n) is 6.06. The average molecular weight is 289 g/mol. The molecule has 2 aromatic heterocycles. The van der Waals surface area contributed by atoms with E-state index in [0.717, 1.165) is 26.1 Å². The highest BCUT2D eigenvalue weighted by Gasteiger charge is 2.44. The van der Waals surface area contributed by atoms with Gasteiger partial charge in [0, 0.05) is 44.4 Å². The van der Waals surface area contributed by atoms with E-state index in [1.807, 2.05) is 24.9 Å². The van der Waals surface area contributed by atoms with Gasteiger partial charge in [-0.1, -0.05) is 5.16 Å². The van der Waals surface area contributed by atoms with E-state index in [2.05, 4.69) is 26.3 Å². The Morgan fingerprint density at radius 3 is 2.95 bits per heavy atom. The third-order valence-corrected chi connectivity index (χ3v) is 4.30. The standard InChI is InChI=1S/C14H19N5O2/c1-9-16-14(21-17-9)12-3-11-7-19(8-13(11)20-12)6-10-4-15-18(2)5-10/h4-5,11-13H,3,6-8H2,1-2H3/t11-,12-,13+/m0/s1. The molecule has 2 saturated heterocycles. The van der Waals surface area contributed by atoms with Crippen LogP contribution in [-0.2, 0) is 18.3 Å². The van der Waals surface area contributed by atoms with Crippen LogP contribution in [0.3, 0.4) is 0 Å². The molecule has 2 aromatic rings. The van der Waals surface area contributed by atoms with Crippen LogP contribution in [0.15, 0.2) is 16.9 Å². The van der Waals surface area contributed by atoms with Gasteiger partial charge in [-0.2, -0.15) is 10.1 Å². The molecule has 0 radical (unpaired) electrons. The zero-order chi connectivity index (χ0) is 14.4. The summed E-state index contributed by atoms with van der Waals surface area (Å²) < 4.78 is 13.2. The lowest BCUT2D eigenvalue weighted by Gasteiger charge is -2.16. The minimum absolute atomic E-state index is 0.0262. The van der Waals surface area contributed by atoms with Crippen molar-refractivity contribution in [2.45, 2.75) is 32.1 Å². The van der Waals surface area contributed by atoms with E-state index in [4.69, 9.17) is 9.26 Å². The van der Waals surface area contributed by atoms with E-state index in [9.17, 15) is 0 Å². The average Bonchev–Trinajstić information content (AvgIpc) is 3.14. The lowest BCUT2D eigenvalue weighted by Crippen LogP contribution is -2.23. The number of fused-ring (bicyclic) bond motifs is 1. The number of aryl methyl sites for hydroxylation is 2. The smallest absolute Gasteiger partial charge is 0.255 e. The van der Waals surface area contributed by atoms with Crippen molar-refractivity contribution >= 4 is 0 Å². The van der Waals surface area contributed by atoms with Crippen molar-refractivity contribution in [3.63, 3.8) is 0 Å². The van der Waals surface area contributed by atoms with Crippen molar-refractivity contribution in [2.75, 3.05) is 13.1 Å². The van der Waals surface area contributed by atoms with Gasteiger partial charge in [0.2, 0.25) is 0 Å². The first-order chi connectivity index (χ1) is 10.2. The van der Waals surface area contributed by atoms with E-state index in [-0.39, 0.29) is 12.2 Å². The summed E-state index contributed by atoms with van der Waals surface area (Å²) in [6.45, 7) is 4.79. The maximum absolute atomic E-state index is 6.10. The maximum atomic E-state index is 6.10. The van der Waals surface area contributed by atoms with Crippen LogP contribution in [0.1, 0.15) is 29.8 Å². The zero-order valence-electron chi connectivity index (χ0n) is 12.3. The van der Waals surface area contributed by atoms with Crippen LogP contribution in [0.4, 0.5) is 0 Å². The molecule has 2 fully saturated rings. The molecule has 3 atom stereocenters. The van der Waals surface area contributed by atoms with Crippen LogP contribution >= 0.6 is 0 Å². The Kier molecular flexibility index (Phi) is 3.04. The fourth-order valence-electron chi connectivity index (χ4n) is 3.39. The van der Waals surface area contributed by atoms with Gasteiger partial charge >= 0.3 is 0 Å². The molecular weight excluding hydrogens is 270 g/mol. The van der Waals surface area contributed by atoms with Crippen molar-refractivity contribution in [3.05, 3.63) is 29.7 Å². The fourth-order valence-corrected chi connectivity index (χ4v) is 3.39. The monoisotopic (exact) mass is 289 g/mol. The van der Waals surface area contributed by atoms with Crippen LogP contribution < -0.4 is 0 Å². The SMILES string of the molecule is Cc1noc([C@@H]2C[C@H]3CN(Cc4cnn(C)c4)C[C@H]3O2)n1. The Morgan fingerprint density at radius 2 is 2.29 bits per heavy atom. The van der Waals surface area contributed by atoms with Crippen molar-refractivity contribution < 1.29 is 9.26 Å². The van der Waals surface area contributed by atoms with Crippen LogP contribution in [-0.4, -0.2) is 44.0 Å². The lowest BCUT2D eigenvalue weighted by molar-refractivity contribution is 0.0198. The van der Waals surface area contributed by atoms with Gasteiger partial charge in [-0.3, -0.25) is 9.58 Å². The fraction of sp³-hybridized carbons (Fsp3) is 0.643. The number of hydrogen-bond donors (Lipinski definition) is 0. The summed E-state index contributed by atoms with van der Waals surface area (Å²) in [6.07, 6.45) is 5.22. The lowest BCUT2D eigenvalue weighted by atomic mass is 10.0. The Balaban J connectivity index is 1.37. The van der Waals surface area contributed by atoms with Crippen LogP contribution in [0, 0.1) is 12.8 Å². The molecule has 0 amide bonds. The summed E-state index contributed by atoms with van der Waals surface area (Å²) in [7, 11) is 1.95. The Labute approximate surface area is 122 Å². The molecule has 0 bridgehead atoms. The molecule has 0 aromatic carbocycles. The molecule has 4 rings (SSSR count). The quantitative estimate of drug-likeness (QED) is 0.842. The van der Waals surface area contributed by atoms with E-state index in [1.165, 1.54) is 5.56 Å². The molecule has 0 aliphatic carbocycles. The molecule has 2 aliphatic rings. The molecule has 21 heavy (non-hydrogen) atoms. The third-order valence-electron chi connectivity index (χ3n) is 4.30. The number of rotatable bonds is 3. The number of aromatic nitrogens is 4. The largest absolute Gasteiger partial charge is 0.363 e. The zero-order valence-corrected chi connectivity index (χ0v) is 12.3. The first kappa shape index (κ1) is 13.0. The highest BCUT2D eigenvalue weighted by atomic mass is 16.5. The van der Waals surface area contributed by atoms with Gasteiger partial charge in [-0.15, -0.1) is 0 Å². The molecule has 4 heterocycles.